The predicted molar refractivity (Wildman–Crippen MR) is 58.9 cm³/mol. The number of nitrogens with zero attached hydrogens (tertiary/aromatic N) is 3. The number of carbonyl (C=O) groups excluding carboxylic acids is 1. The summed E-state index contributed by atoms with van der Waals surface area (Å²) in [6.07, 6.45) is 4.42. The maximum atomic E-state index is 12.1. The lowest BCUT2D eigenvalue weighted by molar-refractivity contribution is 0.103. The molecule has 0 aromatic carbocycles. The highest BCUT2D eigenvalue weighted by Gasteiger charge is 2.16. The van der Waals surface area contributed by atoms with Crippen molar-refractivity contribution in [3.63, 3.8) is 0 Å². The number of nitrogen functional groups attached to an aromatic ring is 1. The molecular formula is C11H10N4O. The molecule has 2 heterocycles. The van der Waals surface area contributed by atoms with Gasteiger partial charge in [-0.1, -0.05) is 0 Å². The van der Waals surface area contributed by atoms with E-state index in [9.17, 15) is 4.79 Å². The van der Waals surface area contributed by atoms with Crippen LogP contribution in [0.25, 0.3) is 0 Å². The number of ketones is 1. The highest BCUT2D eigenvalue weighted by Crippen LogP contribution is 2.16. The van der Waals surface area contributed by atoms with Crippen LogP contribution in [0.2, 0.25) is 0 Å². The van der Waals surface area contributed by atoms with Gasteiger partial charge in [0.1, 0.15) is 17.8 Å². The van der Waals surface area contributed by atoms with Gasteiger partial charge in [-0.05, 0) is 24.6 Å². The van der Waals surface area contributed by atoms with Crippen molar-refractivity contribution in [1.29, 1.82) is 0 Å². The van der Waals surface area contributed by atoms with Crippen LogP contribution in [0.1, 0.15) is 21.6 Å². The van der Waals surface area contributed by atoms with E-state index < -0.39 is 0 Å². The van der Waals surface area contributed by atoms with E-state index in [2.05, 4.69) is 15.0 Å². The highest BCUT2D eigenvalue weighted by molar-refractivity contribution is 6.11. The number of rotatable bonds is 2. The summed E-state index contributed by atoms with van der Waals surface area (Å²) in [6, 6.07) is 3.29. The zero-order valence-corrected chi connectivity index (χ0v) is 8.71. The molecule has 80 valence electrons. The van der Waals surface area contributed by atoms with Crippen LogP contribution in [0.15, 0.2) is 30.9 Å². The molecule has 0 amide bonds. The average molecular weight is 214 g/mol. The van der Waals surface area contributed by atoms with Crippen molar-refractivity contribution in [2.24, 2.45) is 0 Å². The van der Waals surface area contributed by atoms with Gasteiger partial charge < -0.3 is 5.73 Å². The zero-order chi connectivity index (χ0) is 11.5. The Morgan fingerprint density at radius 3 is 2.69 bits per heavy atom. The van der Waals surface area contributed by atoms with E-state index in [1.807, 2.05) is 6.92 Å². The topological polar surface area (TPSA) is 81.8 Å². The molecule has 5 nitrogen and oxygen atoms in total. The first-order valence-corrected chi connectivity index (χ1v) is 4.72. The van der Waals surface area contributed by atoms with Crippen LogP contribution in [0.5, 0.6) is 0 Å². The molecule has 0 atom stereocenters. The van der Waals surface area contributed by atoms with Crippen molar-refractivity contribution >= 4 is 11.6 Å². The Kier molecular flexibility index (Phi) is 2.59. The van der Waals surface area contributed by atoms with Gasteiger partial charge in [0.15, 0.2) is 0 Å². The second-order valence-corrected chi connectivity index (χ2v) is 3.31. The molecule has 2 aromatic heterocycles. The fourth-order valence-electron chi connectivity index (χ4n) is 1.43. The van der Waals surface area contributed by atoms with Crippen molar-refractivity contribution < 1.29 is 4.79 Å². The van der Waals surface area contributed by atoms with Gasteiger partial charge >= 0.3 is 0 Å². The first kappa shape index (κ1) is 10.2. The molecule has 2 rings (SSSR count). The van der Waals surface area contributed by atoms with Crippen LogP contribution >= 0.6 is 0 Å². The van der Waals surface area contributed by atoms with Crippen LogP contribution < -0.4 is 5.73 Å². The summed E-state index contributed by atoms with van der Waals surface area (Å²) in [5.74, 6) is -0.00545. The second-order valence-electron chi connectivity index (χ2n) is 3.31. The molecule has 0 aliphatic carbocycles. The second kappa shape index (κ2) is 4.06. The Hall–Kier alpha value is -2.30. The molecule has 0 spiro atoms. The summed E-state index contributed by atoms with van der Waals surface area (Å²) in [6.45, 7) is 1.81. The third-order valence-corrected chi connectivity index (χ3v) is 2.23. The number of hydrogen-bond donors (Lipinski definition) is 1. The quantitative estimate of drug-likeness (QED) is 0.754. The number of carbonyl (C=O) groups is 1. The fourth-order valence-corrected chi connectivity index (χ4v) is 1.43. The maximum Gasteiger partial charge on any atom is 0.215 e. The number of pyridine rings is 1. The van der Waals surface area contributed by atoms with E-state index in [0.717, 1.165) is 5.56 Å². The maximum absolute atomic E-state index is 12.1. The molecule has 0 saturated carbocycles. The lowest BCUT2D eigenvalue weighted by atomic mass is 10.0. The van der Waals surface area contributed by atoms with E-state index >= 15 is 0 Å². The van der Waals surface area contributed by atoms with Gasteiger partial charge in [0, 0.05) is 12.4 Å². The van der Waals surface area contributed by atoms with Crippen LogP contribution in [0, 0.1) is 6.92 Å². The van der Waals surface area contributed by atoms with E-state index in [0.29, 0.717) is 11.3 Å². The van der Waals surface area contributed by atoms with Gasteiger partial charge in [-0.3, -0.25) is 4.79 Å². The Morgan fingerprint density at radius 1 is 1.25 bits per heavy atom. The first-order chi connectivity index (χ1) is 7.70. The fraction of sp³-hybridized carbons (Fsp3) is 0.0909. The van der Waals surface area contributed by atoms with Crippen molar-refractivity contribution in [3.8, 4) is 0 Å². The standard InChI is InChI=1S/C11H10N4O/c1-7-2-5-14-11(12)9(7)10(16)8-3-4-13-6-15-8/h2-6H,1H3,(H2,12,14). The summed E-state index contributed by atoms with van der Waals surface area (Å²) < 4.78 is 0. The minimum atomic E-state index is -0.231. The number of aryl methyl sites for hydroxylation is 1. The normalized spacial score (nSPS) is 10.1. The minimum Gasteiger partial charge on any atom is -0.383 e. The largest absolute Gasteiger partial charge is 0.383 e. The van der Waals surface area contributed by atoms with Crippen LogP contribution in [-0.2, 0) is 0 Å². The summed E-state index contributed by atoms with van der Waals surface area (Å²) in [7, 11) is 0. The molecule has 16 heavy (non-hydrogen) atoms. The molecule has 0 aliphatic rings. The zero-order valence-electron chi connectivity index (χ0n) is 8.71. The Balaban J connectivity index is 2.50. The van der Waals surface area contributed by atoms with Crippen molar-refractivity contribution in [2.75, 3.05) is 5.73 Å². The molecule has 0 fully saturated rings. The first-order valence-electron chi connectivity index (χ1n) is 4.72. The smallest absolute Gasteiger partial charge is 0.215 e. The van der Waals surface area contributed by atoms with Crippen molar-refractivity contribution in [1.82, 2.24) is 15.0 Å². The number of hydrogen-bond acceptors (Lipinski definition) is 5. The van der Waals surface area contributed by atoms with Gasteiger partial charge in [-0.25, -0.2) is 15.0 Å². The van der Waals surface area contributed by atoms with Gasteiger partial charge in [-0.15, -0.1) is 0 Å². The molecule has 0 aliphatic heterocycles. The minimum absolute atomic E-state index is 0.226. The van der Waals surface area contributed by atoms with Crippen molar-refractivity contribution in [2.45, 2.75) is 6.92 Å². The summed E-state index contributed by atoms with van der Waals surface area (Å²) in [4.78, 5) is 23.6. The number of nitrogens with two attached hydrogens (primary N) is 1. The molecule has 0 radical (unpaired) electrons. The number of anilines is 1. The molecule has 0 saturated heterocycles. The lowest BCUT2D eigenvalue weighted by Crippen LogP contribution is -2.10. The van der Waals surface area contributed by atoms with E-state index in [-0.39, 0.29) is 11.6 Å². The Labute approximate surface area is 92.4 Å². The third kappa shape index (κ3) is 1.75. The van der Waals surface area contributed by atoms with E-state index in [1.165, 1.54) is 12.5 Å². The van der Waals surface area contributed by atoms with Crippen LogP contribution in [0.3, 0.4) is 0 Å². The SMILES string of the molecule is Cc1ccnc(N)c1C(=O)c1ccncn1. The summed E-state index contributed by atoms with van der Waals surface area (Å²) >= 11 is 0. The monoisotopic (exact) mass is 214 g/mol. The third-order valence-electron chi connectivity index (χ3n) is 2.23. The predicted octanol–water partition coefficient (Wildman–Crippen LogP) is 0.993. The van der Waals surface area contributed by atoms with Gasteiger partial charge in [0.25, 0.3) is 0 Å². The molecule has 0 bridgehead atoms. The van der Waals surface area contributed by atoms with Gasteiger partial charge in [0.2, 0.25) is 5.78 Å². The number of aromatic nitrogens is 3. The van der Waals surface area contributed by atoms with Crippen LogP contribution in [-0.4, -0.2) is 20.7 Å². The van der Waals surface area contributed by atoms with Gasteiger partial charge in [0.05, 0.1) is 5.56 Å². The molecule has 0 unspecified atom stereocenters. The van der Waals surface area contributed by atoms with Gasteiger partial charge in [-0.2, -0.15) is 0 Å². The molecule has 2 N–H and O–H groups in total. The van der Waals surface area contributed by atoms with Crippen molar-refractivity contribution in [3.05, 3.63) is 47.7 Å². The lowest BCUT2D eigenvalue weighted by Gasteiger charge is -2.06. The summed E-state index contributed by atoms with van der Waals surface area (Å²) in [5, 5.41) is 0. The van der Waals surface area contributed by atoms with E-state index in [4.69, 9.17) is 5.73 Å². The molecular weight excluding hydrogens is 204 g/mol. The Morgan fingerprint density at radius 2 is 2.06 bits per heavy atom. The Bertz CT molecular complexity index is 505. The van der Waals surface area contributed by atoms with E-state index in [1.54, 1.807) is 18.3 Å². The van der Waals surface area contributed by atoms with Crippen LogP contribution in [0.4, 0.5) is 5.82 Å². The highest BCUT2D eigenvalue weighted by atomic mass is 16.1. The summed E-state index contributed by atoms with van der Waals surface area (Å²) in [5.41, 5.74) is 7.19. The molecule has 2 aromatic rings. The average Bonchev–Trinajstić information content (AvgIpc) is 2.30. The molecule has 5 heteroatoms.